The quantitative estimate of drug-likeness (QED) is 0.138. The molecule has 2 aliphatic heterocycles. The van der Waals surface area contributed by atoms with Gasteiger partial charge in [0.1, 0.15) is 23.8 Å². The maximum atomic E-state index is 15.3. The fourth-order valence-electron chi connectivity index (χ4n) is 9.06. The molecule has 9 rings (SSSR count). The van der Waals surface area contributed by atoms with Gasteiger partial charge in [-0.25, -0.2) is 25.4 Å². The molecule has 1 saturated carbocycles. The van der Waals surface area contributed by atoms with E-state index in [-0.39, 0.29) is 9.79 Å². The Labute approximate surface area is 341 Å². The van der Waals surface area contributed by atoms with Gasteiger partial charge in [0.05, 0.1) is 21.9 Å². The van der Waals surface area contributed by atoms with Crippen LogP contribution in [-0.2, 0) is 20.0 Å². The summed E-state index contributed by atoms with van der Waals surface area (Å²) < 4.78 is 64.2. The third kappa shape index (κ3) is 6.84. The van der Waals surface area contributed by atoms with Crippen molar-refractivity contribution < 1.29 is 16.8 Å². The van der Waals surface area contributed by atoms with Gasteiger partial charge in [-0.3, -0.25) is 9.98 Å². The molecular formula is C48H44N4O4S2. The second-order valence-electron chi connectivity index (χ2n) is 15.1. The molecule has 6 atom stereocenters. The lowest BCUT2D eigenvalue weighted by Crippen LogP contribution is -2.48. The summed E-state index contributed by atoms with van der Waals surface area (Å²) in [6, 6.07) is 53.8. The molecule has 1 aliphatic carbocycles. The predicted molar refractivity (Wildman–Crippen MR) is 228 cm³/mol. The van der Waals surface area contributed by atoms with Crippen molar-refractivity contribution in [3.05, 3.63) is 204 Å². The highest BCUT2D eigenvalue weighted by Crippen LogP contribution is 2.52. The highest BCUT2D eigenvalue weighted by atomic mass is 32.2. The molecule has 6 aromatic carbocycles. The Morgan fingerprint density at radius 2 is 0.655 bits per heavy atom. The van der Waals surface area contributed by atoms with Crippen LogP contribution in [0.25, 0.3) is 0 Å². The number of sulfonamides is 2. The zero-order valence-corrected chi connectivity index (χ0v) is 33.5. The molecule has 58 heavy (non-hydrogen) atoms. The van der Waals surface area contributed by atoms with Crippen LogP contribution in [0.15, 0.2) is 202 Å². The van der Waals surface area contributed by atoms with E-state index in [0.29, 0.717) is 24.5 Å². The second-order valence-corrected chi connectivity index (χ2v) is 18.8. The minimum atomic E-state index is -4.18. The first-order chi connectivity index (χ1) is 28.3. The van der Waals surface area contributed by atoms with Crippen molar-refractivity contribution in [3.63, 3.8) is 0 Å². The molecule has 2 heterocycles. The summed E-state index contributed by atoms with van der Waals surface area (Å²) >= 11 is 0. The molecular weight excluding hydrogens is 761 g/mol. The lowest BCUT2D eigenvalue weighted by atomic mass is 9.77. The summed E-state index contributed by atoms with van der Waals surface area (Å²) in [5.74, 6) is -0.0541. The number of benzene rings is 6. The van der Waals surface area contributed by atoms with Crippen LogP contribution >= 0.6 is 0 Å². The molecule has 0 aromatic heterocycles. The highest BCUT2D eigenvalue weighted by Gasteiger charge is 2.53. The Morgan fingerprint density at radius 1 is 0.379 bits per heavy atom. The van der Waals surface area contributed by atoms with Crippen molar-refractivity contribution in [2.24, 2.45) is 21.8 Å². The molecule has 10 heteroatoms. The second kappa shape index (κ2) is 15.8. The first-order valence-electron chi connectivity index (χ1n) is 19.9. The molecule has 0 radical (unpaired) electrons. The smallest absolute Gasteiger partial charge is 0.261 e. The average Bonchev–Trinajstić information content (AvgIpc) is 3.90. The van der Waals surface area contributed by atoms with Gasteiger partial charge in [-0.1, -0.05) is 171 Å². The Morgan fingerprint density at radius 3 is 0.966 bits per heavy atom. The van der Waals surface area contributed by atoms with Crippen molar-refractivity contribution in [1.29, 1.82) is 0 Å². The molecule has 0 saturated heterocycles. The van der Waals surface area contributed by atoms with E-state index in [2.05, 4.69) is 0 Å². The molecule has 3 aliphatic rings. The maximum Gasteiger partial charge on any atom is 0.265 e. The Hall–Kier alpha value is -5.84. The van der Waals surface area contributed by atoms with Crippen LogP contribution in [-0.4, -0.2) is 37.1 Å². The van der Waals surface area contributed by atoms with E-state index in [0.717, 1.165) is 35.1 Å². The molecule has 0 spiro atoms. The van der Waals surface area contributed by atoms with Crippen LogP contribution in [0.4, 0.5) is 0 Å². The average molecular weight is 805 g/mol. The first kappa shape index (κ1) is 37.7. The summed E-state index contributed by atoms with van der Waals surface area (Å²) in [7, 11) is -8.37. The maximum absolute atomic E-state index is 15.3. The van der Waals surface area contributed by atoms with Crippen molar-refractivity contribution in [2.75, 3.05) is 0 Å². The van der Waals surface area contributed by atoms with Crippen LogP contribution < -0.4 is 0 Å². The van der Waals surface area contributed by atoms with Gasteiger partial charge in [-0.05, 0) is 59.4 Å². The predicted octanol–water partition coefficient (Wildman–Crippen LogP) is 9.96. The summed E-state index contributed by atoms with van der Waals surface area (Å²) in [6.45, 7) is 0. The molecule has 1 fully saturated rings. The highest BCUT2D eigenvalue weighted by molar-refractivity contribution is 7.90. The van der Waals surface area contributed by atoms with Gasteiger partial charge in [-0.15, -0.1) is 0 Å². The topological polar surface area (TPSA) is 99.5 Å². The number of hydrogen-bond donors (Lipinski definition) is 0. The molecule has 8 nitrogen and oxygen atoms in total. The molecule has 0 amide bonds. The SMILES string of the molecule is O=S(=O)(c1ccccc1)N1C([C@H]2CCCC[C@@H]2C2=N[C@H](c3ccccc3)[C@@H](c3ccccc3)N2S(=O)(=O)c2ccccc2)=N[C@H](c2ccccc2)[C@H]1c1ccccc1. The lowest BCUT2D eigenvalue weighted by Gasteiger charge is -2.39. The van der Waals surface area contributed by atoms with Gasteiger partial charge < -0.3 is 0 Å². The summed E-state index contributed by atoms with van der Waals surface area (Å²) in [5, 5.41) is 0. The van der Waals surface area contributed by atoms with E-state index < -0.39 is 56.0 Å². The van der Waals surface area contributed by atoms with Crippen molar-refractivity contribution >= 4 is 31.7 Å². The van der Waals surface area contributed by atoms with Gasteiger partial charge in [0.2, 0.25) is 0 Å². The summed E-state index contributed by atoms with van der Waals surface area (Å²) in [4.78, 5) is 11.3. The molecule has 0 bridgehead atoms. The van der Waals surface area contributed by atoms with Crippen molar-refractivity contribution in [3.8, 4) is 0 Å². The van der Waals surface area contributed by atoms with E-state index in [1.54, 1.807) is 57.1 Å². The van der Waals surface area contributed by atoms with E-state index in [4.69, 9.17) is 9.98 Å². The van der Waals surface area contributed by atoms with Crippen LogP contribution in [0.5, 0.6) is 0 Å². The van der Waals surface area contributed by atoms with Gasteiger partial charge in [-0.2, -0.15) is 0 Å². The third-order valence-electron chi connectivity index (χ3n) is 11.7. The van der Waals surface area contributed by atoms with Crippen molar-refractivity contribution in [2.45, 2.75) is 59.6 Å². The minimum absolute atomic E-state index is 0.171. The molecule has 292 valence electrons. The number of aliphatic imine (C=N–C) groups is 2. The lowest BCUT2D eigenvalue weighted by molar-refractivity contribution is 0.328. The normalized spacial score (nSPS) is 23.7. The minimum Gasteiger partial charge on any atom is -0.261 e. The van der Waals surface area contributed by atoms with Crippen LogP contribution in [0.2, 0.25) is 0 Å². The molecule has 6 aromatic rings. The van der Waals surface area contributed by atoms with Crippen LogP contribution in [0, 0.1) is 11.8 Å². The molecule has 0 unspecified atom stereocenters. The number of nitrogens with zero attached hydrogens (tertiary/aromatic N) is 4. The van der Waals surface area contributed by atoms with E-state index in [1.165, 1.54) is 0 Å². The Bertz CT molecular complexity index is 2450. The largest absolute Gasteiger partial charge is 0.265 e. The fourth-order valence-corrected chi connectivity index (χ4v) is 12.4. The number of rotatable bonds is 10. The zero-order chi connectivity index (χ0) is 39.7. The van der Waals surface area contributed by atoms with E-state index >= 15 is 16.8 Å². The van der Waals surface area contributed by atoms with Crippen LogP contribution in [0.3, 0.4) is 0 Å². The van der Waals surface area contributed by atoms with Crippen LogP contribution in [0.1, 0.15) is 72.1 Å². The van der Waals surface area contributed by atoms with E-state index in [9.17, 15) is 0 Å². The Kier molecular flexibility index (Phi) is 10.3. The molecule has 0 N–H and O–H groups in total. The van der Waals surface area contributed by atoms with Gasteiger partial charge >= 0.3 is 0 Å². The van der Waals surface area contributed by atoms with Gasteiger partial charge in [0.15, 0.2) is 0 Å². The third-order valence-corrected chi connectivity index (χ3v) is 15.3. The standard InChI is InChI=1S/C48H44N4O4S2/c53-57(54,39-29-15-5-16-30-39)51-45(37-25-11-3-12-26-37)43(35-21-7-1-8-22-35)49-47(51)41-33-19-20-34-42(41)48-50-44(36-23-9-2-10-24-36)46(38-27-13-4-14-28-38)52(48)58(55,56)40-31-17-6-18-32-40/h1-18,21-32,41-46H,19-20,33-34H2/t41-,42-,43+,44+,45+,46+/m0/s1. The fraction of sp³-hybridized carbons (Fsp3) is 0.208. The number of amidine groups is 2. The zero-order valence-electron chi connectivity index (χ0n) is 31.9. The first-order valence-corrected chi connectivity index (χ1v) is 22.8. The van der Waals surface area contributed by atoms with E-state index in [1.807, 2.05) is 133 Å². The van der Waals surface area contributed by atoms with Crippen molar-refractivity contribution in [1.82, 2.24) is 8.61 Å². The monoisotopic (exact) mass is 804 g/mol. The Balaban J connectivity index is 1.26. The summed E-state index contributed by atoms with van der Waals surface area (Å²) in [6.07, 6.45) is 2.87. The summed E-state index contributed by atoms with van der Waals surface area (Å²) in [5.41, 5.74) is 3.43. The van der Waals surface area contributed by atoms with Gasteiger partial charge in [0, 0.05) is 11.8 Å². The van der Waals surface area contributed by atoms with Gasteiger partial charge in [0.25, 0.3) is 20.0 Å². The number of hydrogen-bond acceptors (Lipinski definition) is 6.